The van der Waals surface area contributed by atoms with E-state index < -0.39 is 0 Å². The van der Waals surface area contributed by atoms with Crippen molar-refractivity contribution in [2.75, 3.05) is 5.88 Å². The monoisotopic (exact) mass is 319 g/mol. The molecule has 0 radical (unpaired) electrons. The molecular weight excluding hydrogens is 312 g/mol. The molecule has 0 unspecified atom stereocenters. The number of hydrogen-bond acceptors (Lipinski definition) is 2. The molecule has 0 aromatic heterocycles. The van der Waals surface area contributed by atoms with Crippen molar-refractivity contribution in [1.82, 2.24) is 0 Å². The smallest absolute Gasteiger partial charge is 0.165 e. The second-order valence-electron chi connectivity index (χ2n) is 2.66. The summed E-state index contributed by atoms with van der Waals surface area (Å²) in [5, 5.41) is 8.79. The van der Waals surface area contributed by atoms with Gasteiger partial charge in [-0.15, -0.1) is 11.6 Å². The minimum absolute atomic E-state index is 0.0740. The van der Waals surface area contributed by atoms with Gasteiger partial charge in [-0.05, 0) is 40.8 Å². The van der Waals surface area contributed by atoms with Crippen LogP contribution in [0.5, 0.6) is 0 Å². The van der Waals surface area contributed by atoms with Gasteiger partial charge in [0.2, 0.25) is 0 Å². The Balaban J connectivity index is 3.12. The van der Waals surface area contributed by atoms with Crippen LogP contribution in [0.3, 0.4) is 0 Å². The Kier molecular flexibility index (Phi) is 4.36. The number of halogens is 2. The van der Waals surface area contributed by atoms with Gasteiger partial charge in [0, 0.05) is 21.4 Å². The van der Waals surface area contributed by atoms with E-state index in [-0.39, 0.29) is 18.1 Å². The van der Waals surface area contributed by atoms with Gasteiger partial charge in [-0.3, -0.25) is 4.79 Å². The van der Waals surface area contributed by atoms with E-state index in [2.05, 4.69) is 22.6 Å². The average Bonchev–Trinajstić information content (AvgIpc) is 2.18. The first kappa shape index (κ1) is 11.5. The maximum Gasteiger partial charge on any atom is 0.165 e. The van der Waals surface area contributed by atoms with Crippen molar-refractivity contribution in [3.63, 3.8) is 0 Å². The molecule has 1 rings (SSSR count). The van der Waals surface area contributed by atoms with Gasteiger partial charge in [0.1, 0.15) is 0 Å². The highest BCUT2D eigenvalue weighted by Gasteiger charge is 2.10. The van der Waals surface area contributed by atoms with Crippen LogP contribution >= 0.6 is 34.2 Å². The number of ketones is 1. The number of nitrogens with zero attached hydrogens (tertiary/aromatic N) is 1. The van der Waals surface area contributed by atoms with Gasteiger partial charge in [-0.1, -0.05) is 0 Å². The molecule has 0 aliphatic rings. The largest absolute Gasteiger partial charge is 0.294 e. The third kappa shape index (κ3) is 2.69. The number of benzene rings is 1. The highest BCUT2D eigenvalue weighted by molar-refractivity contribution is 14.1. The van der Waals surface area contributed by atoms with Gasteiger partial charge in [0.25, 0.3) is 0 Å². The highest BCUT2D eigenvalue weighted by Crippen LogP contribution is 2.15. The SMILES string of the molecule is N#Cc1ccc(I)cc1C(=O)CCCl. The molecule has 0 atom stereocenters. The number of Topliss-reactive ketones (excluding diaryl/α,β-unsaturated/α-hetero) is 1. The molecule has 0 fully saturated rings. The fourth-order valence-electron chi connectivity index (χ4n) is 1.07. The molecule has 0 bridgehead atoms. The Hall–Kier alpha value is -0.600. The van der Waals surface area contributed by atoms with Crippen LogP contribution in [0.25, 0.3) is 0 Å². The lowest BCUT2D eigenvalue weighted by atomic mass is 10.0. The van der Waals surface area contributed by atoms with Gasteiger partial charge in [0.05, 0.1) is 11.6 Å². The topological polar surface area (TPSA) is 40.9 Å². The third-order valence-corrected chi connectivity index (χ3v) is 2.58. The maximum absolute atomic E-state index is 11.5. The molecule has 0 aliphatic heterocycles. The van der Waals surface area contributed by atoms with Crippen molar-refractivity contribution < 1.29 is 4.79 Å². The van der Waals surface area contributed by atoms with Crippen LogP contribution in [0, 0.1) is 14.9 Å². The number of rotatable bonds is 3. The lowest BCUT2D eigenvalue weighted by Crippen LogP contribution is -2.03. The molecule has 0 N–H and O–H groups in total. The molecule has 2 nitrogen and oxygen atoms in total. The quantitative estimate of drug-likeness (QED) is 0.488. The highest BCUT2D eigenvalue weighted by atomic mass is 127. The first-order valence-electron chi connectivity index (χ1n) is 3.98. The number of carbonyl (C=O) groups excluding carboxylic acids is 1. The van der Waals surface area contributed by atoms with E-state index in [1.54, 1.807) is 18.2 Å². The number of hydrogen-bond donors (Lipinski definition) is 0. The van der Waals surface area contributed by atoms with Crippen LogP contribution in [0.2, 0.25) is 0 Å². The van der Waals surface area contributed by atoms with Crippen molar-refractivity contribution in [2.24, 2.45) is 0 Å². The zero-order valence-corrected chi connectivity index (χ0v) is 10.2. The van der Waals surface area contributed by atoms with Crippen LogP contribution in [-0.4, -0.2) is 11.7 Å². The lowest BCUT2D eigenvalue weighted by molar-refractivity contribution is 0.0989. The summed E-state index contributed by atoms with van der Waals surface area (Å²) in [6.45, 7) is 0. The number of alkyl halides is 1. The van der Waals surface area contributed by atoms with Crippen molar-refractivity contribution >= 4 is 40.0 Å². The van der Waals surface area contributed by atoms with Crippen molar-refractivity contribution in [3.05, 3.63) is 32.9 Å². The molecule has 0 amide bonds. The summed E-state index contributed by atoms with van der Waals surface area (Å²) in [4.78, 5) is 11.5. The molecular formula is C10H7ClINO. The molecule has 0 heterocycles. The summed E-state index contributed by atoms with van der Waals surface area (Å²) in [6.07, 6.45) is 0.274. The Morgan fingerprint density at radius 2 is 2.29 bits per heavy atom. The molecule has 1 aromatic rings. The average molecular weight is 320 g/mol. The summed E-state index contributed by atoms with van der Waals surface area (Å²) >= 11 is 7.58. The molecule has 4 heteroatoms. The second-order valence-corrected chi connectivity index (χ2v) is 4.29. The normalized spacial score (nSPS) is 9.50. The van der Waals surface area contributed by atoms with Gasteiger partial charge < -0.3 is 0 Å². The molecule has 72 valence electrons. The molecule has 0 saturated carbocycles. The van der Waals surface area contributed by atoms with E-state index >= 15 is 0 Å². The van der Waals surface area contributed by atoms with Crippen LogP contribution < -0.4 is 0 Å². The Bertz CT molecular complexity index is 398. The predicted octanol–water partition coefficient (Wildman–Crippen LogP) is 2.97. The summed E-state index contributed by atoms with van der Waals surface area (Å²) in [5.41, 5.74) is 0.889. The predicted molar refractivity (Wildman–Crippen MR) is 63.5 cm³/mol. The summed E-state index contributed by atoms with van der Waals surface area (Å²) in [5.74, 6) is 0.213. The van der Waals surface area contributed by atoms with E-state index in [9.17, 15) is 4.79 Å². The zero-order valence-electron chi connectivity index (χ0n) is 7.26. The van der Waals surface area contributed by atoms with E-state index in [4.69, 9.17) is 16.9 Å². The standard InChI is InChI=1S/C10H7ClINO/c11-4-3-10(14)9-5-8(12)2-1-7(9)6-13/h1-2,5H,3-4H2. The van der Waals surface area contributed by atoms with Gasteiger partial charge in [-0.25, -0.2) is 0 Å². The fourth-order valence-corrected chi connectivity index (χ4v) is 1.73. The van der Waals surface area contributed by atoms with Gasteiger partial charge >= 0.3 is 0 Å². The zero-order chi connectivity index (χ0) is 10.6. The Morgan fingerprint density at radius 1 is 1.57 bits per heavy atom. The molecule has 0 spiro atoms. The Morgan fingerprint density at radius 3 is 2.86 bits per heavy atom. The minimum atomic E-state index is -0.0740. The van der Waals surface area contributed by atoms with E-state index in [0.29, 0.717) is 11.1 Å². The minimum Gasteiger partial charge on any atom is -0.294 e. The van der Waals surface area contributed by atoms with E-state index in [0.717, 1.165) is 3.57 Å². The number of carbonyl (C=O) groups is 1. The van der Waals surface area contributed by atoms with Crippen LogP contribution in [0.1, 0.15) is 22.3 Å². The summed E-state index contributed by atoms with van der Waals surface area (Å²) in [6, 6.07) is 7.17. The van der Waals surface area contributed by atoms with Crippen molar-refractivity contribution in [2.45, 2.75) is 6.42 Å². The van der Waals surface area contributed by atoms with Crippen molar-refractivity contribution in [1.29, 1.82) is 5.26 Å². The summed E-state index contributed by atoms with van der Waals surface area (Å²) < 4.78 is 0.944. The molecule has 0 saturated heterocycles. The van der Waals surface area contributed by atoms with E-state index in [1.807, 2.05) is 6.07 Å². The van der Waals surface area contributed by atoms with Crippen LogP contribution in [-0.2, 0) is 0 Å². The molecule has 14 heavy (non-hydrogen) atoms. The summed E-state index contributed by atoms with van der Waals surface area (Å²) in [7, 11) is 0. The lowest BCUT2D eigenvalue weighted by Gasteiger charge is -2.01. The van der Waals surface area contributed by atoms with E-state index in [1.165, 1.54) is 0 Å². The van der Waals surface area contributed by atoms with Gasteiger partial charge in [-0.2, -0.15) is 5.26 Å². The molecule has 1 aromatic carbocycles. The fraction of sp³-hybridized carbons (Fsp3) is 0.200. The second kappa shape index (κ2) is 5.32. The molecule has 0 aliphatic carbocycles. The van der Waals surface area contributed by atoms with Crippen molar-refractivity contribution in [3.8, 4) is 6.07 Å². The first-order chi connectivity index (χ1) is 6.69. The Labute approximate surface area is 101 Å². The van der Waals surface area contributed by atoms with Crippen LogP contribution in [0.4, 0.5) is 0 Å². The number of nitriles is 1. The maximum atomic E-state index is 11.5. The first-order valence-corrected chi connectivity index (χ1v) is 5.59. The van der Waals surface area contributed by atoms with Gasteiger partial charge in [0.15, 0.2) is 5.78 Å². The third-order valence-electron chi connectivity index (χ3n) is 1.72. The van der Waals surface area contributed by atoms with Crippen LogP contribution in [0.15, 0.2) is 18.2 Å².